The van der Waals surface area contributed by atoms with Crippen molar-refractivity contribution in [2.75, 3.05) is 31.1 Å². The number of aromatic nitrogens is 1. The summed E-state index contributed by atoms with van der Waals surface area (Å²) in [6.07, 6.45) is -2.81. The summed E-state index contributed by atoms with van der Waals surface area (Å²) in [6.45, 7) is 2.25. The van der Waals surface area contributed by atoms with Crippen LogP contribution in [0.4, 0.5) is 19.0 Å². The number of carbonyl (C=O) groups is 1. The third-order valence-corrected chi connectivity index (χ3v) is 6.03. The van der Waals surface area contributed by atoms with Gasteiger partial charge in [0, 0.05) is 37.9 Å². The Hall–Kier alpha value is -2.87. The lowest BCUT2D eigenvalue weighted by atomic mass is 10.1. The third-order valence-electron chi connectivity index (χ3n) is 5.13. The Kier molecular flexibility index (Phi) is 5.76. The van der Waals surface area contributed by atoms with E-state index >= 15 is 0 Å². The average Bonchev–Trinajstić information content (AvgIpc) is 3.11. The Labute approximate surface area is 176 Å². The molecule has 0 spiro atoms. The van der Waals surface area contributed by atoms with Gasteiger partial charge in [-0.2, -0.15) is 13.2 Å². The monoisotopic (exact) mass is 431 g/mol. The van der Waals surface area contributed by atoms with Gasteiger partial charge < -0.3 is 9.80 Å². The first kappa shape index (κ1) is 20.4. The molecule has 3 heterocycles. The summed E-state index contributed by atoms with van der Waals surface area (Å²) < 4.78 is 38.3. The molecule has 0 saturated carbocycles. The van der Waals surface area contributed by atoms with Crippen LogP contribution in [0.3, 0.4) is 0 Å². The molecule has 0 atom stereocenters. The second-order valence-corrected chi connectivity index (χ2v) is 7.98. The molecule has 3 aromatic rings. The normalized spacial score (nSPS) is 15.2. The topological polar surface area (TPSA) is 36.4 Å². The molecule has 0 unspecified atom stereocenters. The fraction of sp³-hybridized carbons (Fsp3) is 0.273. The van der Waals surface area contributed by atoms with Crippen LogP contribution in [0.15, 0.2) is 60.1 Å². The first-order chi connectivity index (χ1) is 14.4. The SMILES string of the molecule is O=C(c1sccc1-c1ccccc1)N1CCCN(c2ccc(C(F)(F)F)cn2)CC1. The van der Waals surface area contributed by atoms with E-state index in [0.717, 1.165) is 29.8 Å². The molecular formula is C22H20F3N3OS. The summed E-state index contributed by atoms with van der Waals surface area (Å²) >= 11 is 1.43. The van der Waals surface area contributed by atoms with Crippen molar-refractivity contribution < 1.29 is 18.0 Å². The Morgan fingerprint density at radius 2 is 1.77 bits per heavy atom. The van der Waals surface area contributed by atoms with Crippen LogP contribution in [0.2, 0.25) is 0 Å². The summed E-state index contributed by atoms with van der Waals surface area (Å²) in [6, 6.07) is 14.2. The number of hydrogen-bond acceptors (Lipinski definition) is 4. The molecule has 1 aliphatic heterocycles. The molecule has 2 aromatic heterocycles. The summed E-state index contributed by atoms with van der Waals surface area (Å²) in [5, 5.41) is 1.92. The maximum atomic E-state index is 13.2. The van der Waals surface area contributed by atoms with Gasteiger partial charge in [-0.15, -0.1) is 11.3 Å². The number of anilines is 1. The zero-order valence-electron chi connectivity index (χ0n) is 16.1. The van der Waals surface area contributed by atoms with Crippen molar-refractivity contribution in [3.8, 4) is 11.1 Å². The molecule has 1 amide bonds. The molecule has 4 nitrogen and oxygen atoms in total. The highest BCUT2D eigenvalue weighted by Gasteiger charge is 2.31. The quantitative estimate of drug-likeness (QED) is 0.573. The van der Waals surface area contributed by atoms with Gasteiger partial charge in [0.15, 0.2) is 0 Å². The summed E-state index contributed by atoms with van der Waals surface area (Å²) in [5.74, 6) is 0.490. The predicted octanol–water partition coefficient (Wildman–Crippen LogP) is 5.18. The Balaban J connectivity index is 1.46. The van der Waals surface area contributed by atoms with Crippen LogP contribution in [0.5, 0.6) is 0 Å². The lowest BCUT2D eigenvalue weighted by Gasteiger charge is -2.23. The van der Waals surface area contributed by atoms with Crippen LogP contribution in [0, 0.1) is 0 Å². The molecule has 0 N–H and O–H groups in total. The van der Waals surface area contributed by atoms with Crippen LogP contribution in [0.25, 0.3) is 11.1 Å². The van der Waals surface area contributed by atoms with E-state index in [2.05, 4.69) is 4.98 Å². The van der Waals surface area contributed by atoms with Gasteiger partial charge in [0.1, 0.15) is 5.82 Å². The zero-order valence-corrected chi connectivity index (χ0v) is 16.9. The number of amides is 1. The number of rotatable bonds is 3. The van der Waals surface area contributed by atoms with E-state index in [1.807, 2.05) is 51.6 Å². The maximum absolute atomic E-state index is 13.2. The summed E-state index contributed by atoms with van der Waals surface area (Å²) in [5.41, 5.74) is 1.17. The minimum absolute atomic E-state index is 0.00826. The van der Waals surface area contributed by atoms with Gasteiger partial charge in [-0.25, -0.2) is 4.98 Å². The van der Waals surface area contributed by atoms with Crippen molar-refractivity contribution in [2.45, 2.75) is 12.6 Å². The zero-order chi connectivity index (χ0) is 21.1. The van der Waals surface area contributed by atoms with E-state index in [0.29, 0.717) is 36.9 Å². The largest absolute Gasteiger partial charge is 0.417 e. The van der Waals surface area contributed by atoms with E-state index in [4.69, 9.17) is 0 Å². The molecule has 0 radical (unpaired) electrons. The van der Waals surface area contributed by atoms with Crippen molar-refractivity contribution in [3.05, 3.63) is 70.5 Å². The molecule has 1 fully saturated rings. The first-order valence-electron chi connectivity index (χ1n) is 9.64. The van der Waals surface area contributed by atoms with E-state index in [-0.39, 0.29) is 5.91 Å². The number of hydrogen-bond donors (Lipinski definition) is 0. The van der Waals surface area contributed by atoms with Crippen LogP contribution >= 0.6 is 11.3 Å². The van der Waals surface area contributed by atoms with Gasteiger partial charge in [-0.3, -0.25) is 4.79 Å². The predicted molar refractivity (Wildman–Crippen MR) is 112 cm³/mol. The van der Waals surface area contributed by atoms with Gasteiger partial charge in [0.05, 0.1) is 10.4 Å². The molecule has 0 aliphatic carbocycles. The lowest BCUT2D eigenvalue weighted by molar-refractivity contribution is -0.137. The fourth-order valence-electron chi connectivity index (χ4n) is 3.55. The molecule has 1 aromatic carbocycles. The molecule has 0 bridgehead atoms. The molecule has 1 saturated heterocycles. The Morgan fingerprint density at radius 1 is 0.967 bits per heavy atom. The van der Waals surface area contributed by atoms with Crippen molar-refractivity contribution in [2.24, 2.45) is 0 Å². The number of nitrogens with zero attached hydrogens (tertiary/aromatic N) is 3. The second-order valence-electron chi connectivity index (χ2n) is 7.07. The minimum atomic E-state index is -4.40. The highest BCUT2D eigenvalue weighted by atomic mass is 32.1. The van der Waals surface area contributed by atoms with Crippen LogP contribution < -0.4 is 4.90 Å². The number of halogens is 3. The van der Waals surface area contributed by atoms with Gasteiger partial charge in [0.2, 0.25) is 0 Å². The van der Waals surface area contributed by atoms with Crippen LogP contribution in [0.1, 0.15) is 21.7 Å². The van der Waals surface area contributed by atoms with E-state index in [1.54, 1.807) is 0 Å². The smallest absolute Gasteiger partial charge is 0.355 e. The molecule has 30 heavy (non-hydrogen) atoms. The number of thiophene rings is 1. The van der Waals surface area contributed by atoms with Gasteiger partial charge in [0.25, 0.3) is 5.91 Å². The summed E-state index contributed by atoms with van der Waals surface area (Å²) in [7, 11) is 0. The number of alkyl halides is 3. The number of benzene rings is 1. The minimum Gasteiger partial charge on any atom is -0.355 e. The second kappa shape index (κ2) is 8.47. The highest BCUT2D eigenvalue weighted by molar-refractivity contribution is 7.12. The highest BCUT2D eigenvalue weighted by Crippen LogP contribution is 2.31. The van der Waals surface area contributed by atoms with Crippen molar-refractivity contribution in [1.29, 1.82) is 0 Å². The molecule has 1 aliphatic rings. The number of pyridine rings is 1. The maximum Gasteiger partial charge on any atom is 0.417 e. The number of carbonyl (C=O) groups excluding carboxylic acids is 1. The van der Waals surface area contributed by atoms with Crippen LogP contribution in [-0.4, -0.2) is 42.0 Å². The van der Waals surface area contributed by atoms with Crippen molar-refractivity contribution >= 4 is 23.1 Å². The summed E-state index contributed by atoms with van der Waals surface area (Å²) in [4.78, 5) is 21.6. The molecular weight excluding hydrogens is 411 g/mol. The average molecular weight is 431 g/mol. The Bertz CT molecular complexity index is 1000. The fourth-order valence-corrected chi connectivity index (χ4v) is 4.44. The molecule has 8 heteroatoms. The Morgan fingerprint density at radius 3 is 2.47 bits per heavy atom. The first-order valence-corrected chi connectivity index (χ1v) is 10.5. The molecule has 4 rings (SSSR count). The van der Waals surface area contributed by atoms with E-state index < -0.39 is 11.7 Å². The van der Waals surface area contributed by atoms with E-state index in [9.17, 15) is 18.0 Å². The molecule has 156 valence electrons. The van der Waals surface area contributed by atoms with E-state index in [1.165, 1.54) is 17.4 Å². The van der Waals surface area contributed by atoms with Gasteiger partial charge >= 0.3 is 6.18 Å². The van der Waals surface area contributed by atoms with Crippen LogP contribution in [-0.2, 0) is 6.18 Å². The third kappa shape index (κ3) is 4.33. The standard InChI is InChI=1S/C22H20F3N3OS/c23-22(24,25)17-7-8-19(26-15-17)27-10-4-11-28(13-12-27)21(29)20-18(9-14-30-20)16-5-2-1-3-6-16/h1-3,5-9,14-15H,4,10-13H2. The van der Waals surface area contributed by atoms with Gasteiger partial charge in [-0.1, -0.05) is 30.3 Å². The van der Waals surface area contributed by atoms with Gasteiger partial charge in [-0.05, 0) is 35.6 Å². The lowest BCUT2D eigenvalue weighted by Crippen LogP contribution is -2.35. The van der Waals surface area contributed by atoms with Crippen molar-refractivity contribution in [3.63, 3.8) is 0 Å². The van der Waals surface area contributed by atoms with Crippen molar-refractivity contribution in [1.82, 2.24) is 9.88 Å².